The molecule has 0 aliphatic heterocycles. The number of carboxylic acid groups (broad SMARTS) is 2. The summed E-state index contributed by atoms with van der Waals surface area (Å²) in [4.78, 5) is 33.3. The van der Waals surface area contributed by atoms with Crippen molar-refractivity contribution in [3.8, 4) is 17.5 Å². The van der Waals surface area contributed by atoms with Crippen molar-refractivity contribution >= 4 is 29.1 Å². The number of benzene rings is 2. The minimum absolute atomic E-state index is 0.0994. The van der Waals surface area contributed by atoms with E-state index in [0.29, 0.717) is 27.9 Å². The molecule has 4 rings (SSSR count). The van der Waals surface area contributed by atoms with Gasteiger partial charge in [0.1, 0.15) is 22.9 Å². The largest absolute Gasteiger partial charge is 0.483 e. The molecule has 10 heteroatoms. The van der Waals surface area contributed by atoms with Crippen LogP contribution >= 0.6 is 0 Å². The van der Waals surface area contributed by atoms with E-state index in [4.69, 9.17) is 14.3 Å². The number of para-hydroxylation sites is 1. The third-order valence-corrected chi connectivity index (χ3v) is 5.50. The molecule has 0 fully saturated rings. The number of aromatic nitrogens is 2. The summed E-state index contributed by atoms with van der Waals surface area (Å²) in [6.07, 6.45) is 1.78. The Hall–Kier alpha value is -4.91. The third-order valence-electron chi connectivity index (χ3n) is 5.50. The first-order valence-corrected chi connectivity index (χ1v) is 10.8. The van der Waals surface area contributed by atoms with Gasteiger partial charge < -0.3 is 19.9 Å². The number of aromatic carboxylic acids is 1. The number of carboxylic acids is 1. The van der Waals surface area contributed by atoms with Crippen molar-refractivity contribution in [3.05, 3.63) is 80.6 Å². The number of nitriles is 1. The van der Waals surface area contributed by atoms with E-state index in [-0.39, 0.29) is 23.4 Å². The Labute approximate surface area is 206 Å². The summed E-state index contributed by atoms with van der Waals surface area (Å²) in [5.41, 5.74) is 3.07. The van der Waals surface area contributed by atoms with E-state index in [0.717, 1.165) is 11.1 Å². The first-order valence-electron chi connectivity index (χ1n) is 10.8. The standard InChI is InChI=1S/C25H22N4O4.CH2O2/c1-13-9-17(15(3)27-20-8-6-5-7-16(20)25(31)32)23-18(10-13)22(30)19(11-26)24(33-23)21-14(2)12-29(4)28-21;2-1-3/h5-10,12,15,27H,1-4H3,(H,31,32);1H,(H,2,3)/t15-;/m1./s1. The maximum atomic E-state index is 13.3. The Morgan fingerprint density at radius 2 is 1.94 bits per heavy atom. The molecule has 0 saturated heterocycles. The Morgan fingerprint density at radius 3 is 2.53 bits per heavy atom. The van der Waals surface area contributed by atoms with Crippen LogP contribution in [0.4, 0.5) is 5.69 Å². The van der Waals surface area contributed by atoms with Crippen molar-refractivity contribution in [2.75, 3.05) is 5.32 Å². The lowest BCUT2D eigenvalue weighted by atomic mass is 9.99. The van der Waals surface area contributed by atoms with Crippen molar-refractivity contribution in [2.45, 2.75) is 26.8 Å². The highest BCUT2D eigenvalue weighted by Crippen LogP contribution is 2.33. The van der Waals surface area contributed by atoms with Gasteiger partial charge in [-0.25, -0.2) is 4.79 Å². The Bertz CT molecular complexity index is 1560. The van der Waals surface area contributed by atoms with E-state index < -0.39 is 17.4 Å². The lowest BCUT2D eigenvalue weighted by Crippen LogP contribution is -2.14. The number of hydrogen-bond donors (Lipinski definition) is 3. The molecule has 0 unspecified atom stereocenters. The molecule has 4 aromatic rings. The van der Waals surface area contributed by atoms with Crippen molar-refractivity contribution in [2.24, 2.45) is 7.05 Å². The molecule has 0 spiro atoms. The van der Waals surface area contributed by atoms with E-state index >= 15 is 0 Å². The first kappa shape index (κ1) is 25.7. The van der Waals surface area contributed by atoms with Gasteiger partial charge >= 0.3 is 5.97 Å². The van der Waals surface area contributed by atoms with Crippen LogP contribution in [-0.4, -0.2) is 32.4 Å². The summed E-state index contributed by atoms with van der Waals surface area (Å²) in [5.74, 6) is -0.922. The van der Waals surface area contributed by atoms with Gasteiger partial charge in [-0.15, -0.1) is 0 Å². The summed E-state index contributed by atoms with van der Waals surface area (Å²) in [7, 11) is 1.75. The van der Waals surface area contributed by atoms with Gasteiger partial charge in [-0.3, -0.25) is 14.3 Å². The van der Waals surface area contributed by atoms with E-state index in [1.807, 2.05) is 32.9 Å². The molecule has 10 nitrogen and oxygen atoms in total. The highest BCUT2D eigenvalue weighted by atomic mass is 16.4. The van der Waals surface area contributed by atoms with E-state index in [2.05, 4.69) is 10.4 Å². The summed E-state index contributed by atoms with van der Waals surface area (Å²) in [6.45, 7) is 5.29. The van der Waals surface area contributed by atoms with Crippen LogP contribution in [0.1, 0.15) is 45.6 Å². The Kier molecular flexibility index (Phi) is 7.55. The zero-order valence-corrected chi connectivity index (χ0v) is 20.1. The number of anilines is 1. The number of aryl methyl sites for hydroxylation is 3. The number of nitrogens with zero attached hydrogens (tertiary/aromatic N) is 3. The number of hydrogen-bond acceptors (Lipinski definition) is 7. The topological polar surface area (TPSA) is 158 Å². The van der Waals surface area contributed by atoms with Gasteiger partial charge in [-0.2, -0.15) is 10.4 Å². The van der Waals surface area contributed by atoms with Crippen LogP contribution in [0.3, 0.4) is 0 Å². The minimum atomic E-state index is -1.04. The molecule has 184 valence electrons. The average Bonchev–Trinajstić information content (AvgIpc) is 3.17. The monoisotopic (exact) mass is 488 g/mol. The summed E-state index contributed by atoms with van der Waals surface area (Å²) in [6, 6.07) is 11.8. The zero-order valence-electron chi connectivity index (χ0n) is 20.1. The van der Waals surface area contributed by atoms with Crippen molar-refractivity contribution in [3.63, 3.8) is 0 Å². The van der Waals surface area contributed by atoms with Gasteiger partial charge in [-0.1, -0.05) is 18.2 Å². The zero-order chi connectivity index (χ0) is 26.6. The molecule has 2 aromatic heterocycles. The average molecular weight is 489 g/mol. The van der Waals surface area contributed by atoms with E-state index in [9.17, 15) is 20.0 Å². The molecule has 0 aliphatic rings. The predicted octanol–water partition coefficient (Wildman–Crippen LogP) is 4.25. The molecule has 3 N–H and O–H groups in total. The molecular formula is C26H24N4O6. The van der Waals surface area contributed by atoms with Crippen molar-refractivity contribution < 1.29 is 24.2 Å². The van der Waals surface area contributed by atoms with Crippen LogP contribution in [-0.2, 0) is 11.8 Å². The second kappa shape index (κ2) is 10.6. The van der Waals surface area contributed by atoms with Crippen molar-refractivity contribution in [1.82, 2.24) is 9.78 Å². The van der Waals surface area contributed by atoms with E-state index in [1.165, 1.54) is 6.07 Å². The van der Waals surface area contributed by atoms with Crippen molar-refractivity contribution in [1.29, 1.82) is 5.26 Å². The molecule has 0 saturated carbocycles. The summed E-state index contributed by atoms with van der Waals surface area (Å²) in [5, 5.41) is 34.0. The lowest BCUT2D eigenvalue weighted by Gasteiger charge is -2.19. The van der Waals surface area contributed by atoms with E-state index in [1.54, 1.807) is 42.2 Å². The van der Waals surface area contributed by atoms with Crippen LogP contribution in [0, 0.1) is 25.2 Å². The molecule has 1 atom stereocenters. The Balaban J connectivity index is 0.00000115. The minimum Gasteiger partial charge on any atom is -0.483 e. The van der Waals surface area contributed by atoms with Crippen LogP contribution < -0.4 is 10.7 Å². The maximum Gasteiger partial charge on any atom is 0.337 e. The molecular weight excluding hydrogens is 464 g/mol. The number of fused-ring (bicyclic) bond motifs is 1. The third kappa shape index (κ3) is 4.95. The van der Waals surface area contributed by atoms with Gasteiger partial charge in [0.05, 0.1) is 17.0 Å². The normalized spacial score (nSPS) is 11.2. The molecule has 36 heavy (non-hydrogen) atoms. The molecule has 0 amide bonds. The number of nitrogens with one attached hydrogen (secondary N) is 1. The Morgan fingerprint density at radius 1 is 1.28 bits per heavy atom. The highest BCUT2D eigenvalue weighted by molar-refractivity contribution is 5.94. The summed E-state index contributed by atoms with van der Waals surface area (Å²) < 4.78 is 7.81. The van der Waals surface area contributed by atoms with Crippen LogP contribution in [0.5, 0.6) is 0 Å². The second-order valence-electron chi connectivity index (χ2n) is 8.13. The predicted molar refractivity (Wildman–Crippen MR) is 133 cm³/mol. The summed E-state index contributed by atoms with van der Waals surface area (Å²) >= 11 is 0. The lowest BCUT2D eigenvalue weighted by molar-refractivity contribution is -0.122. The first-order chi connectivity index (χ1) is 17.1. The second-order valence-corrected chi connectivity index (χ2v) is 8.13. The van der Waals surface area contributed by atoms with Crippen LogP contribution in [0.15, 0.2) is 51.8 Å². The number of carbonyl (C=O) groups is 2. The molecule has 2 aromatic carbocycles. The van der Waals surface area contributed by atoms with Gasteiger partial charge in [0.2, 0.25) is 5.43 Å². The number of rotatable bonds is 5. The fourth-order valence-corrected chi connectivity index (χ4v) is 4.00. The van der Waals surface area contributed by atoms with Gasteiger partial charge in [0.15, 0.2) is 5.76 Å². The highest BCUT2D eigenvalue weighted by Gasteiger charge is 2.23. The fourth-order valence-electron chi connectivity index (χ4n) is 4.00. The molecule has 0 bridgehead atoms. The van der Waals surface area contributed by atoms with Crippen LogP contribution in [0.2, 0.25) is 0 Å². The maximum absolute atomic E-state index is 13.3. The van der Waals surface area contributed by atoms with Gasteiger partial charge in [0.25, 0.3) is 6.47 Å². The van der Waals surface area contributed by atoms with Gasteiger partial charge in [0, 0.05) is 24.5 Å². The fraction of sp³-hybridized carbons (Fsp3) is 0.192. The molecule has 0 aliphatic carbocycles. The molecule has 0 radical (unpaired) electrons. The molecule has 2 heterocycles. The van der Waals surface area contributed by atoms with Gasteiger partial charge in [-0.05, 0) is 50.1 Å². The SMILES string of the molecule is Cc1cc([C@@H](C)Nc2ccccc2C(=O)O)c2oc(-c3nn(C)cc3C)c(C#N)c(=O)c2c1.O=CO. The quantitative estimate of drug-likeness (QED) is 0.349. The smallest absolute Gasteiger partial charge is 0.337 e. The van der Waals surface area contributed by atoms with Crippen LogP contribution in [0.25, 0.3) is 22.4 Å².